The molecule has 0 rings (SSSR count). The van der Waals surface area contributed by atoms with Crippen LogP contribution in [0, 0.1) is 0 Å². The average molecular weight is 160 g/mol. The third-order valence-corrected chi connectivity index (χ3v) is 4.76. The van der Waals surface area contributed by atoms with Crippen LogP contribution in [0.25, 0.3) is 0 Å². The maximum absolute atomic E-state index is 5.43. The second kappa shape index (κ2) is 7.29. The highest BCUT2D eigenvalue weighted by Crippen LogP contribution is 2.07. The fourth-order valence-corrected chi connectivity index (χ4v) is 3.40. The van der Waals surface area contributed by atoms with E-state index >= 15 is 0 Å². The molecule has 0 bridgehead atoms. The van der Waals surface area contributed by atoms with E-state index in [0.29, 0.717) is 0 Å². The number of rotatable bonds is 6. The van der Waals surface area contributed by atoms with Crippen molar-refractivity contribution in [3.05, 3.63) is 0 Å². The molecule has 0 aromatic heterocycles. The minimum Gasteiger partial charge on any atom is -0.423 e. The SMILES string of the molecule is CCCC[SiH](CCC)OC. The largest absolute Gasteiger partial charge is 0.423 e. The first-order valence-electron chi connectivity index (χ1n) is 4.37. The first kappa shape index (κ1) is 10.2. The lowest BCUT2D eigenvalue weighted by molar-refractivity contribution is 0.415. The predicted molar refractivity (Wildman–Crippen MR) is 49.0 cm³/mol. The van der Waals surface area contributed by atoms with Gasteiger partial charge in [-0.05, 0) is 12.1 Å². The van der Waals surface area contributed by atoms with Gasteiger partial charge < -0.3 is 4.43 Å². The molecule has 1 atom stereocenters. The van der Waals surface area contributed by atoms with Crippen molar-refractivity contribution in [1.82, 2.24) is 0 Å². The molecular formula is C8H20OSi. The molecule has 10 heavy (non-hydrogen) atoms. The lowest BCUT2D eigenvalue weighted by Gasteiger charge is -2.10. The molecular weight excluding hydrogens is 140 g/mol. The Labute approximate surface area is 66.5 Å². The van der Waals surface area contributed by atoms with E-state index in [9.17, 15) is 0 Å². The molecule has 0 aromatic rings. The molecule has 0 N–H and O–H groups in total. The lowest BCUT2D eigenvalue weighted by Crippen LogP contribution is -2.14. The van der Waals surface area contributed by atoms with Gasteiger partial charge in [0.05, 0.1) is 0 Å². The van der Waals surface area contributed by atoms with Crippen LogP contribution in [0.3, 0.4) is 0 Å². The van der Waals surface area contributed by atoms with Gasteiger partial charge in [-0.1, -0.05) is 33.1 Å². The predicted octanol–water partition coefficient (Wildman–Crippen LogP) is 2.57. The molecule has 0 saturated carbocycles. The van der Waals surface area contributed by atoms with Gasteiger partial charge in [0, 0.05) is 7.11 Å². The van der Waals surface area contributed by atoms with Crippen molar-refractivity contribution >= 4 is 9.04 Å². The molecule has 0 aromatic carbocycles. The first-order valence-corrected chi connectivity index (χ1v) is 6.48. The van der Waals surface area contributed by atoms with E-state index in [1.54, 1.807) is 0 Å². The van der Waals surface area contributed by atoms with Crippen LogP contribution in [0.4, 0.5) is 0 Å². The van der Waals surface area contributed by atoms with Gasteiger partial charge in [-0.3, -0.25) is 0 Å². The van der Waals surface area contributed by atoms with Gasteiger partial charge in [-0.15, -0.1) is 0 Å². The first-order chi connectivity index (χ1) is 4.85. The van der Waals surface area contributed by atoms with Gasteiger partial charge in [0.15, 0.2) is 9.04 Å². The van der Waals surface area contributed by atoms with Gasteiger partial charge in [-0.2, -0.15) is 0 Å². The van der Waals surface area contributed by atoms with Crippen molar-refractivity contribution in [1.29, 1.82) is 0 Å². The molecule has 62 valence electrons. The second-order valence-corrected chi connectivity index (χ2v) is 5.66. The monoisotopic (exact) mass is 160 g/mol. The quantitative estimate of drug-likeness (QED) is 0.543. The van der Waals surface area contributed by atoms with Crippen molar-refractivity contribution in [2.75, 3.05) is 7.11 Å². The summed E-state index contributed by atoms with van der Waals surface area (Å²) in [5.74, 6) is 0. The standard InChI is InChI=1S/C8H20OSi/c1-4-6-8-10(9-3)7-5-2/h10H,4-8H2,1-3H3. The maximum Gasteiger partial charge on any atom is 0.176 e. The smallest absolute Gasteiger partial charge is 0.176 e. The molecule has 0 amide bonds. The fraction of sp³-hybridized carbons (Fsp3) is 1.00. The Morgan fingerprint density at radius 1 is 1.10 bits per heavy atom. The maximum atomic E-state index is 5.43. The normalized spacial score (nSPS) is 13.5. The minimum atomic E-state index is -0.731. The van der Waals surface area contributed by atoms with Crippen LogP contribution in [0.1, 0.15) is 33.1 Å². The zero-order valence-corrected chi connectivity index (χ0v) is 8.68. The van der Waals surface area contributed by atoms with E-state index in [2.05, 4.69) is 13.8 Å². The Morgan fingerprint density at radius 2 is 1.80 bits per heavy atom. The van der Waals surface area contributed by atoms with Gasteiger partial charge >= 0.3 is 0 Å². The molecule has 1 unspecified atom stereocenters. The van der Waals surface area contributed by atoms with Crippen molar-refractivity contribution in [2.45, 2.75) is 45.2 Å². The Morgan fingerprint density at radius 3 is 2.20 bits per heavy atom. The number of unbranched alkanes of at least 4 members (excludes halogenated alkanes) is 1. The zero-order chi connectivity index (χ0) is 7.82. The molecule has 0 fully saturated rings. The number of hydrogen-bond donors (Lipinski definition) is 0. The zero-order valence-electron chi connectivity index (χ0n) is 7.52. The van der Waals surface area contributed by atoms with Crippen molar-refractivity contribution in [3.63, 3.8) is 0 Å². The lowest BCUT2D eigenvalue weighted by atomic mass is 10.4. The van der Waals surface area contributed by atoms with Crippen molar-refractivity contribution < 1.29 is 4.43 Å². The highest BCUT2D eigenvalue weighted by molar-refractivity contribution is 6.51. The average Bonchev–Trinajstić information content (AvgIpc) is 1.98. The summed E-state index contributed by atoms with van der Waals surface area (Å²) >= 11 is 0. The summed E-state index contributed by atoms with van der Waals surface area (Å²) in [5, 5.41) is 0. The Kier molecular flexibility index (Phi) is 7.41. The molecule has 0 radical (unpaired) electrons. The molecule has 0 heterocycles. The van der Waals surface area contributed by atoms with E-state index in [1.807, 2.05) is 7.11 Å². The molecule has 0 spiro atoms. The summed E-state index contributed by atoms with van der Waals surface area (Å²) in [6, 6.07) is 2.73. The van der Waals surface area contributed by atoms with Crippen LogP contribution in [0.2, 0.25) is 12.1 Å². The van der Waals surface area contributed by atoms with Gasteiger partial charge in [0.1, 0.15) is 0 Å². The Bertz CT molecular complexity index is 66.3. The summed E-state index contributed by atoms with van der Waals surface area (Å²) in [6.07, 6.45) is 3.98. The topological polar surface area (TPSA) is 9.23 Å². The van der Waals surface area contributed by atoms with Crippen LogP contribution >= 0.6 is 0 Å². The van der Waals surface area contributed by atoms with Gasteiger partial charge in [0.2, 0.25) is 0 Å². The molecule has 0 saturated heterocycles. The van der Waals surface area contributed by atoms with Crippen LogP contribution in [-0.4, -0.2) is 16.2 Å². The summed E-state index contributed by atoms with van der Waals surface area (Å²) in [5.41, 5.74) is 0. The van der Waals surface area contributed by atoms with Crippen LogP contribution in [-0.2, 0) is 4.43 Å². The third-order valence-electron chi connectivity index (χ3n) is 1.82. The van der Waals surface area contributed by atoms with Crippen molar-refractivity contribution in [2.24, 2.45) is 0 Å². The molecule has 2 heteroatoms. The molecule has 0 aliphatic rings. The highest BCUT2D eigenvalue weighted by atomic mass is 28.3. The van der Waals surface area contributed by atoms with E-state index in [0.717, 1.165) is 0 Å². The molecule has 0 aliphatic carbocycles. The van der Waals surface area contributed by atoms with Crippen molar-refractivity contribution in [3.8, 4) is 0 Å². The van der Waals surface area contributed by atoms with Gasteiger partial charge in [-0.25, -0.2) is 0 Å². The van der Waals surface area contributed by atoms with E-state index in [1.165, 1.54) is 31.4 Å². The summed E-state index contributed by atoms with van der Waals surface area (Å²) < 4.78 is 5.43. The second-order valence-electron chi connectivity index (χ2n) is 2.79. The van der Waals surface area contributed by atoms with Crippen LogP contribution in [0.5, 0.6) is 0 Å². The number of hydrogen-bond acceptors (Lipinski definition) is 1. The summed E-state index contributed by atoms with van der Waals surface area (Å²) in [7, 11) is 1.15. The Hall–Kier alpha value is 0.177. The van der Waals surface area contributed by atoms with Crippen LogP contribution in [0.15, 0.2) is 0 Å². The van der Waals surface area contributed by atoms with E-state index in [4.69, 9.17) is 4.43 Å². The molecule has 1 nitrogen and oxygen atoms in total. The minimum absolute atomic E-state index is 0.731. The third kappa shape index (κ3) is 5.00. The Balaban J connectivity index is 3.21. The molecule has 0 aliphatic heterocycles. The summed E-state index contributed by atoms with van der Waals surface area (Å²) in [4.78, 5) is 0. The van der Waals surface area contributed by atoms with Crippen LogP contribution < -0.4 is 0 Å². The van der Waals surface area contributed by atoms with E-state index < -0.39 is 9.04 Å². The summed E-state index contributed by atoms with van der Waals surface area (Å²) in [6.45, 7) is 4.48. The van der Waals surface area contributed by atoms with Gasteiger partial charge in [0.25, 0.3) is 0 Å². The fourth-order valence-electron chi connectivity index (χ4n) is 1.13. The van der Waals surface area contributed by atoms with E-state index in [-0.39, 0.29) is 0 Å². The highest BCUT2D eigenvalue weighted by Gasteiger charge is 2.06.